The molecule has 0 amide bonds. The van der Waals surface area contributed by atoms with Crippen LogP contribution in [0.2, 0.25) is 0 Å². The van der Waals surface area contributed by atoms with Gasteiger partial charge >= 0.3 is 0 Å². The van der Waals surface area contributed by atoms with Crippen LogP contribution < -0.4 is 11.3 Å². The highest BCUT2D eigenvalue weighted by atomic mass is 32.2. The summed E-state index contributed by atoms with van der Waals surface area (Å²) in [4.78, 5) is 9.83. The van der Waals surface area contributed by atoms with Crippen molar-refractivity contribution in [3.8, 4) is 5.75 Å². The van der Waals surface area contributed by atoms with Crippen molar-refractivity contribution in [2.24, 2.45) is 12.9 Å². The van der Waals surface area contributed by atoms with Crippen LogP contribution in [0.4, 0.5) is 5.82 Å². The summed E-state index contributed by atoms with van der Waals surface area (Å²) in [6, 6.07) is 7.07. The van der Waals surface area contributed by atoms with Crippen LogP contribution in [0, 0.1) is 0 Å². The van der Waals surface area contributed by atoms with E-state index < -0.39 is 0 Å². The molecule has 3 rings (SSSR count). The number of phenols is 1. The SMILES string of the molecule is Cn1ncc2c(NN)nc(CSc3cccc(O)c3)nc21. The van der Waals surface area contributed by atoms with Gasteiger partial charge in [0.2, 0.25) is 0 Å². The lowest BCUT2D eigenvalue weighted by atomic mass is 10.3. The average Bonchev–Trinajstić information content (AvgIpc) is 2.86. The molecule has 3 aromatic rings. The highest BCUT2D eigenvalue weighted by Gasteiger charge is 2.11. The van der Waals surface area contributed by atoms with Crippen molar-refractivity contribution >= 4 is 28.6 Å². The molecule has 0 radical (unpaired) electrons. The van der Waals surface area contributed by atoms with Crippen molar-refractivity contribution in [1.29, 1.82) is 0 Å². The molecule has 0 unspecified atom stereocenters. The summed E-state index contributed by atoms with van der Waals surface area (Å²) in [5, 5.41) is 14.4. The Morgan fingerprint density at radius 1 is 1.38 bits per heavy atom. The average molecular weight is 302 g/mol. The van der Waals surface area contributed by atoms with Gasteiger partial charge in [-0.1, -0.05) is 6.07 Å². The van der Waals surface area contributed by atoms with Crippen molar-refractivity contribution in [3.63, 3.8) is 0 Å². The summed E-state index contributed by atoms with van der Waals surface area (Å²) in [6.07, 6.45) is 1.68. The number of thioether (sulfide) groups is 1. The molecule has 0 saturated carbocycles. The van der Waals surface area contributed by atoms with Gasteiger partial charge in [-0.05, 0) is 18.2 Å². The number of benzene rings is 1. The normalized spacial score (nSPS) is 11.0. The van der Waals surface area contributed by atoms with Gasteiger partial charge in [0, 0.05) is 11.9 Å². The minimum atomic E-state index is 0.243. The molecule has 21 heavy (non-hydrogen) atoms. The van der Waals surface area contributed by atoms with Crippen molar-refractivity contribution in [1.82, 2.24) is 19.7 Å². The van der Waals surface area contributed by atoms with Crippen molar-refractivity contribution in [2.45, 2.75) is 10.6 Å². The Balaban J connectivity index is 1.88. The zero-order chi connectivity index (χ0) is 14.8. The molecule has 0 bridgehead atoms. The predicted molar refractivity (Wildman–Crippen MR) is 81.8 cm³/mol. The Morgan fingerprint density at radius 2 is 2.24 bits per heavy atom. The molecular weight excluding hydrogens is 288 g/mol. The minimum Gasteiger partial charge on any atom is -0.508 e. The molecular formula is C13H14N6OS. The molecule has 0 aliphatic carbocycles. The summed E-state index contributed by atoms with van der Waals surface area (Å²) in [5.41, 5.74) is 3.30. The van der Waals surface area contributed by atoms with E-state index in [0.717, 1.165) is 15.9 Å². The van der Waals surface area contributed by atoms with Crippen molar-refractivity contribution < 1.29 is 5.11 Å². The van der Waals surface area contributed by atoms with Gasteiger partial charge in [-0.2, -0.15) is 5.10 Å². The first-order valence-corrected chi connectivity index (χ1v) is 7.23. The van der Waals surface area contributed by atoms with E-state index in [4.69, 9.17) is 5.84 Å². The second kappa shape index (κ2) is 5.58. The number of rotatable bonds is 4. The third-order valence-electron chi connectivity index (χ3n) is 2.96. The van der Waals surface area contributed by atoms with E-state index in [1.807, 2.05) is 13.1 Å². The summed E-state index contributed by atoms with van der Waals surface area (Å²) in [6.45, 7) is 0. The highest BCUT2D eigenvalue weighted by Crippen LogP contribution is 2.26. The first-order valence-electron chi connectivity index (χ1n) is 6.24. The smallest absolute Gasteiger partial charge is 0.163 e. The Morgan fingerprint density at radius 3 is 3.00 bits per heavy atom. The van der Waals surface area contributed by atoms with E-state index in [-0.39, 0.29) is 5.75 Å². The van der Waals surface area contributed by atoms with Crippen LogP contribution in [0.3, 0.4) is 0 Å². The van der Waals surface area contributed by atoms with Gasteiger partial charge in [0.25, 0.3) is 0 Å². The second-order valence-corrected chi connectivity index (χ2v) is 5.47. The Kier molecular flexibility index (Phi) is 3.63. The zero-order valence-electron chi connectivity index (χ0n) is 11.3. The van der Waals surface area contributed by atoms with Gasteiger partial charge in [-0.3, -0.25) is 4.68 Å². The molecule has 0 aliphatic rings. The third kappa shape index (κ3) is 2.76. The summed E-state index contributed by atoms with van der Waals surface area (Å²) < 4.78 is 1.68. The largest absolute Gasteiger partial charge is 0.508 e. The van der Waals surface area contributed by atoms with E-state index in [2.05, 4.69) is 20.5 Å². The predicted octanol–water partition coefficient (Wildman–Crippen LogP) is 1.65. The summed E-state index contributed by atoms with van der Waals surface area (Å²) in [7, 11) is 1.82. The van der Waals surface area contributed by atoms with Crippen LogP contribution >= 0.6 is 11.8 Å². The summed E-state index contributed by atoms with van der Waals surface area (Å²) in [5.74, 6) is 7.52. The van der Waals surface area contributed by atoms with Gasteiger partial charge in [-0.25, -0.2) is 15.8 Å². The fourth-order valence-corrected chi connectivity index (χ4v) is 2.77. The maximum atomic E-state index is 9.46. The van der Waals surface area contributed by atoms with Crippen LogP contribution in [-0.2, 0) is 12.8 Å². The topological polar surface area (TPSA) is 102 Å². The molecule has 8 heteroatoms. The quantitative estimate of drug-likeness (QED) is 0.382. The number of nitrogen functional groups attached to an aromatic ring is 1. The number of aryl methyl sites for hydroxylation is 1. The van der Waals surface area contributed by atoms with Gasteiger partial charge < -0.3 is 10.5 Å². The Bertz CT molecular complexity index is 787. The lowest BCUT2D eigenvalue weighted by Crippen LogP contribution is -2.11. The van der Waals surface area contributed by atoms with Crippen LogP contribution in [0.25, 0.3) is 11.0 Å². The van der Waals surface area contributed by atoms with Gasteiger partial charge in [0.1, 0.15) is 11.6 Å². The van der Waals surface area contributed by atoms with E-state index in [1.54, 1.807) is 40.8 Å². The molecule has 0 fully saturated rings. The highest BCUT2D eigenvalue weighted by molar-refractivity contribution is 7.98. The molecule has 0 spiro atoms. The van der Waals surface area contributed by atoms with Gasteiger partial charge in [0.15, 0.2) is 11.5 Å². The second-order valence-electron chi connectivity index (χ2n) is 4.42. The third-order valence-corrected chi connectivity index (χ3v) is 3.95. The van der Waals surface area contributed by atoms with Crippen LogP contribution in [0.1, 0.15) is 5.82 Å². The number of nitrogens with two attached hydrogens (primary N) is 1. The number of hydrogen-bond donors (Lipinski definition) is 3. The number of nitrogens with one attached hydrogen (secondary N) is 1. The van der Waals surface area contributed by atoms with Crippen LogP contribution in [0.5, 0.6) is 5.75 Å². The molecule has 7 nitrogen and oxygen atoms in total. The van der Waals surface area contributed by atoms with E-state index >= 15 is 0 Å². The fourth-order valence-electron chi connectivity index (χ4n) is 1.96. The number of hydrogen-bond acceptors (Lipinski definition) is 7. The van der Waals surface area contributed by atoms with Crippen LogP contribution in [-0.4, -0.2) is 24.9 Å². The standard InChI is InChI=1S/C13H14N6OS/c1-19-13-10(6-15-19)12(18-14)16-11(17-13)7-21-9-4-2-3-8(20)5-9/h2-6,20H,7,14H2,1H3,(H,16,17,18). The Labute approximate surface area is 125 Å². The number of aromatic nitrogens is 4. The molecule has 4 N–H and O–H groups in total. The first kappa shape index (κ1) is 13.7. The van der Waals surface area contributed by atoms with E-state index in [1.165, 1.54) is 0 Å². The molecule has 2 aromatic heterocycles. The first-order chi connectivity index (χ1) is 10.2. The minimum absolute atomic E-state index is 0.243. The molecule has 0 atom stereocenters. The summed E-state index contributed by atoms with van der Waals surface area (Å²) >= 11 is 1.54. The molecule has 108 valence electrons. The van der Waals surface area contributed by atoms with Gasteiger partial charge in [-0.15, -0.1) is 11.8 Å². The maximum absolute atomic E-state index is 9.46. The van der Waals surface area contributed by atoms with E-state index in [0.29, 0.717) is 17.4 Å². The molecule has 1 aromatic carbocycles. The maximum Gasteiger partial charge on any atom is 0.163 e. The number of anilines is 1. The molecule has 0 aliphatic heterocycles. The van der Waals surface area contributed by atoms with Crippen molar-refractivity contribution in [3.05, 3.63) is 36.3 Å². The van der Waals surface area contributed by atoms with Crippen LogP contribution in [0.15, 0.2) is 35.4 Å². The monoisotopic (exact) mass is 302 g/mol. The fraction of sp³-hybridized carbons (Fsp3) is 0.154. The number of fused-ring (bicyclic) bond motifs is 1. The molecule has 0 saturated heterocycles. The number of hydrazine groups is 1. The zero-order valence-corrected chi connectivity index (χ0v) is 12.1. The number of nitrogens with zero attached hydrogens (tertiary/aromatic N) is 4. The molecule has 2 heterocycles. The Hall–Kier alpha value is -2.32. The van der Waals surface area contributed by atoms with Gasteiger partial charge in [0.05, 0.1) is 17.3 Å². The number of phenolic OH excluding ortho intramolecular Hbond substituents is 1. The lowest BCUT2D eigenvalue weighted by Gasteiger charge is -2.06. The number of aromatic hydroxyl groups is 1. The van der Waals surface area contributed by atoms with Crippen molar-refractivity contribution in [2.75, 3.05) is 5.43 Å². The lowest BCUT2D eigenvalue weighted by molar-refractivity contribution is 0.474. The van der Waals surface area contributed by atoms with E-state index in [9.17, 15) is 5.11 Å².